The van der Waals surface area contributed by atoms with Gasteiger partial charge in [0.05, 0.1) is 68.9 Å². The molecule has 142 heavy (non-hydrogen) atoms. The van der Waals surface area contributed by atoms with Crippen molar-refractivity contribution in [2.75, 3.05) is 16.0 Å². The van der Waals surface area contributed by atoms with E-state index in [4.69, 9.17) is 99.1 Å². The smallest absolute Gasteiger partial charge is 0.413 e. The van der Waals surface area contributed by atoms with Crippen molar-refractivity contribution >= 4 is 135 Å². The number of ketones is 1. The molecular formula is C93H85Cl6F3N28O12. The first-order valence-corrected chi connectivity index (χ1v) is 46.5. The fraction of sp³-hybridized carbons (Fsp3) is 0.376. The van der Waals surface area contributed by atoms with E-state index in [1.54, 1.807) is 109 Å². The molecule has 40 nitrogen and oxygen atoms in total. The summed E-state index contributed by atoms with van der Waals surface area (Å²) in [5, 5.41) is 67.2. The third kappa shape index (κ3) is 20.1. The summed E-state index contributed by atoms with van der Waals surface area (Å²) in [6.45, 7) is 8.48. The molecule has 0 saturated heterocycles. The maximum absolute atomic E-state index is 15.0. The Morgan fingerprint density at radius 2 is 0.845 bits per heavy atom. The van der Waals surface area contributed by atoms with E-state index < -0.39 is 94.8 Å². The summed E-state index contributed by atoms with van der Waals surface area (Å²) in [6, 6.07) is 26.8. The van der Waals surface area contributed by atoms with E-state index in [9.17, 15) is 47.1 Å². The molecule has 0 aliphatic heterocycles. The lowest BCUT2D eigenvalue weighted by Gasteiger charge is -2.67. The molecule has 12 fully saturated rings. The van der Waals surface area contributed by atoms with Crippen LogP contribution in [-0.4, -0.2) is 175 Å². The zero-order chi connectivity index (χ0) is 101. The maximum Gasteiger partial charge on any atom is 0.413 e. The lowest BCUT2D eigenvalue weighted by molar-refractivity contribution is -0.162. The number of halogens is 9. The Morgan fingerprint density at radius 1 is 0.444 bits per heavy atom. The van der Waals surface area contributed by atoms with Crippen LogP contribution in [0.4, 0.5) is 45.0 Å². The number of nitrogens with one attached hydrogen (secondary N) is 6. The van der Waals surface area contributed by atoms with Crippen molar-refractivity contribution in [3.8, 4) is 57.7 Å². The molecule has 49 heteroatoms. The molecule has 12 heterocycles. The number of aryl methyl sites for hydroxylation is 5. The van der Waals surface area contributed by atoms with Gasteiger partial charge in [-0.3, -0.25) is 59.6 Å². The second-order valence-electron chi connectivity index (χ2n) is 37.1. The van der Waals surface area contributed by atoms with Crippen LogP contribution in [0.5, 0.6) is 0 Å². The normalized spacial score (nSPS) is 22.8. The van der Waals surface area contributed by atoms with Gasteiger partial charge in [0.1, 0.15) is 73.1 Å². The minimum absolute atomic E-state index is 0.0342. The van der Waals surface area contributed by atoms with E-state index in [0.29, 0.717) is 120 Å². The highest BCUT2D eigenvalue weighted by molar-refractivity contribution is 6.33. The fourth-order valence-corrected chi connectivity index (χ4v) is 21.7. The van der Waals surface area contributed by atoms with Gasteiger partial charge in [0.15, 0.2) is 46.1 Å². The molecule has 4 atom stereocenters. The number of pyridine rings is 8. The number of amides is 6. The van der Waals surface area contributed by atoms with Crippen LogP contribution in [0.1, 0.15) is 211 Å². The number of esters is 1. The van der Waals surface area contributed by atoms with Gasteiger partial charge in [0.2, 0.25) is 0 Å². The van der Waals surface area contributed by atoms with Crippen molar-refractivity contribution in [2.45, 2.75) is 176 Å². The van der Waals surface area contributed by atoms with Gasteiger partial charge in [-0.2, -0.15) is 10.5 Å². The highest BCUT2D eigenvalue weighted by Crippen LogP contribution is 2.73. The number of carbonyl (C=O) groups excluding carboxylic acids is 8. The first-order chi connectivity index (χ1) is 67.4. The molecule has 0 spiro atoms. The average Bonchev–Trinajstić information content (AvgIpc) is 1.24. The molecule has 732 valence electrons. The largest absolute Gasteiger partial charge is 0.457 e. The quantitative estimate of drug-likeness (QED) is 0.00964. The summed E-state index contributed by atoms with van der Waals surface area (Å²) >= 11 is 36.9. The van der Waals surface area contributed by atoms with E-state index in [1.165, 1.54) is 69.7 Å². The second kappa shape index (κ2) is 38.6. The van der Waals surface area contributed by atoms with Gasteiger partial charge in [-0.25, -0.2) is 66.5 Å². The van der Waals surface area contributed by atoms with Gasteiger partial charge in [-0.1, -0.05) is 103 Å². The molecule has 0 radical (unpaired) electrons. The van der Waals surface area contributed by atoms with Crippen LogP contribution in [0, 0.1) is 57.5 Å². The van der Waals surface area contributed by atoms with Crippen molar-refractivity contribution in [1.82, 2.24) is 116 Å². The van der Waals surface area contributed by atoms with Gasteiger partial charge in [0, 0.05) is 152 Å². The lowest BCUT2D eigenvalue weighted by atomic mass is 9.40. The number of nitriles is 2. The third-order valence-electron chi connectivity index (χ3n) is 26.3. The van der Waals surface area contributed by atoms with E-state index in [2.05, 4.69) is 125 Å². The van der Waals surface area contributed by atoms with E-state index in [-0.39, 0.29) is 128 Å². The molecule has 12 saturated carbocycles. The topological polar surface area (TPSA) is 519 Å². The highest BCUT2D eigenvalue weighted by atomic mass is 35.5. The predicted molar refractivity (Wildman–Crippen MR) is 503 cm³/mol. The van der Waals surface area contributed by atoms with Crippen LogP contribution in [0.3, 0.4) is 0 Å². The van der Waals surface area contributed by atoms with Gasteiger partial charge in [0.25, 0.3) is 17.7 Å². The molecule has 24 rings (SSSR count). The molecule has 6 amide bonds. The molecule has 12 aromatic rings. The molecule has 12 aromatic heterocycles. The summed E-state index contributed by atoms with van der Waals surface area (Å²) in [5.74, 6) is -3.10. The lowest BCUT2D eigenvalue weighted by Crippen LogP contribution is -2.76. The number of nitrogens with zero attached hydrogens (tertiary/aromatic N) is 22. The van der Waals surface area contributed by atoms with Gasteiger partial charge in [-0.15, -0.1) is 32.0 Å². The Labute approximate surface area is 836 Å². The molecule has 0 unspecified atom stereocenters. The van der Waals surface area contributed by atoms with Crippen LogP contribution in [0.25, 0.3) is 45.6 Å². The Balaban J connectivity index is 0.000000130. The van der Waals surface area contributed by atoms with E-state index in [0.717, 1.165) is 37.6 Å². The molecule has 12 aliphatic rings. The second-order valence-corrected chi connectivity index (χ2v) is 39.7. The first kappa shape index (κ1) is 99.2. The Morgan fingerprint density at radius 3 is 1.27 bits per heavy atom. The SMILES string of the molecule is C[C@@H](OC(=O)Nc1c(-c2cc(F)c(C(=O)NC34CC(C#N)(C3)C4)cn2)nnn1C)c1cccnc1Cl.C[C@@H](OC(=O)Nc1c(-c2ccc(C(=O)NC34CC(F)(C3)C4)c(Cl)n2)nnn1C)c1cccnc1Cl.C[C@@H](OC(=O)Nc1c(-c2ncc(C(=O)NC34CC(C#N)(C3)C4)cc2F)nnn1C)c1cccnc1Cl.Cc1nc(-c2nnn(C)c2CC(=O)O[C@H](C)c2cccnc2Cl)ccc1C(=O)CC12CC(Cl)(C1)C2. The number of rotatable bonds is 26. The standard InChI is InChI=1S/C25H25Cl2N5O3.2C23H20ClFN8O3.C22H20Cl2FN7O3/c1-14-16(20(33)10-24-11-25(27,12-24)13-24)6-7-18(29-14)22-19(32(3)31-30-22)9-21(34)35-15(2)17-5-4-8-28-23(17)26;1-12(14-4-3-5-27-18(14)24)36-21(35)29-19-17(31-32-33(19)2)16-15(25)6-13(7-28-16)20(34)30-23-8-22(9-23,10-23)11-26;1-12(13-4-3-5-27-18(13)24)36-21(35)29-19-17(31-32-33(19)2)16-6-15(25)14(7-28-16)20(34)30-23-8-22(9-23,10-23)11-26;1-11(12-4-3-7-26-16(12)23)35-20(34)28-18-15(30-31-32(18)2)14-6-5-13(17(24)27-14)19(33)29-22-8-21(25,9-22)10-22/h4-8,15H,9-13H2,1-3H3;2*3-7,12H,8-10H2,1-2H3,(H,29,35)(H,30,34);3-7,11H,8-10H2,1-2H3,(H,28,34)(H,29,33)/t15-,24?,25?;2*12-,22?,23?;11-,21?,22?/m1111/s1. The van der Waals surface area contributed by atoms with Crippen molar-refractivity contribution in [2.24, 2.45) is 44.4 Å². The number of ether oxygens (including phenoxy) is 4. The van der Waals surface area contributed by atoms with Crippen LogP contribution in [0.15, 0.2) is 122 Å². The summed E-state index contributed by atoms with van der Waals surface area (Å²) < 4.78 is 70.8. The average molecular weight is 2060 g/mol. The molecule has 6 N–H and O–H groups in total. The van der Waals surface area contributed by atoms with Crippen LogP contribution in [-0.2, 0) is 58.4 Å². The Kier molecular flexibility index (Phi) is 26.9. The molecule has 8 bridgehead atoms. The predicted octanol–water partition coefficient (Wildman–Crippen LogP) is 16.2. The van der Waals surface area contributed by atoms with Gasteiger partial charge in [-0.05, 0) is 152 Å². The van der Waals surface area contributed by atoms with Crippen LogP contribution < -0.4 is 31.9 Å². The Bertz CT molecular complexity index is 6950. The minimum atomic E-state index is -1.13. The fourth-order valence-electron chi connectivity index (χ4n) is 19.5. The van der Waals surface area contributed by atoms with Crippen molar-refractivity contribution < 1.29 is 70.5 Å². The van der Waals surface area contributed by atoms with Crippen molar-refractivity contribution in [1.29, 1.82) is 10.5 Å². The number of anilines is 3. The monoisotopic (exact) mass is 2050 g/mol. The third-order valence-corrected chi connectivity index (χ3v) is 28.3. The number of aromatic nitrogens is 20. The number of alkyl halides is 2. The van der Waals surface area contributed by atoms with E-state index in [1.807, 2.05) is 6.92 Å². The van der Waals surface area contributed by atoms with Crippen molar-refractivity contribution in [3.63, 3.8) is 0 Å². The molecule has 12 aliphatic carbocycles. The molecular weight excluding hydrogens is 1970 g/mol. The Hall–Kier alpha value is -14.4. The number of carbonyl (C=O) groups is 8. The summed E-state index contributed by atoms with van der Waals surface area (Å²) in [4.78, 5) is 134. The number of hydrogen-bond donors (Lipinski definition) is 6. The molecule has 0 aromatic carbocycles. The van der Waals surface area contributed by atoms with E-state index >= 15 is 4.39 Å². The maximum atomic E-state index is 15.0. The highest BCUT2D eigenvalue weighted by Gasteiger charge is 2.72. The van der Waals surface area contributed by atoms with Gasteiger partial charge >= 0.3 is 24.2 Å². The number of hydrogen-bond acceptors (Lipinski definition) is 30. The minimum Gasteiger partial charge on any atom is -0.457 e. The summed E-state index contributed by atoms with van der Waals surface area (Å²) in [5.41, 5.74) is 2.41. The van der Waals surface area contributed by atoms with Crippen LogP contribution >= 0.6 is 69.6 Å². The zero-order valence-corrected chi connectivity index (χ0v) is 81.4. The van der Waals surface area contributed by atoms with Crippen LogP contribution in [0.2, 0.25) is 25.8 Å². The summed E-state index contributed by atoms with van der Waals surface area (Å²) in [6.07, 6.45) is 11.1. The van der Waals surface area contributed by atoms with Gasteiger partial charge < -0.3 is 34.9 Å². The zero-order valence-electron chi connectivity index (χ0n) is 76.9. The number of Topliss-reactive ketones (excluding diaryl/α,β-unsaturated/α-hetero) is 1. The first-order valence-electron chi connectivity index (χ1n) is 44.2. The van der Waals surface area contributed by atoms with Crippen molar-refractivity contribution in [3.05, 3.63) is 215 Å². The summed E-state index contributed by atoms with van der Waals surface area (Å²) in [7, 11) is 6.33.